The number of carbonyl (C=O) groups is 1. The Bertz CT molecular complexity index is 545. The van der Waals surface area contributed by atoms with E-state index in [4.69, 9.17) is 20.8 Å². The number of para-hydroxylation sites is 1. The summed E-state index contributed by atoms with van der Waals surface area (Å²) in [5.74, 6) is 2.02. The number of carbonyl (C=O) groups excluding carboxylic acids is 1. The second-order valence-electron chi connectivity index (χ2n) is 4.10. The summed E-state index contributed by atoms with van der Waals surface area (Å²) in [6, 6.07) is 7.56. The summed E-state index contributed by atoms with van der Waals surface area (Å²) in [6.45, 7) is 0. The highest BCUT2D eigenvalue weighted by atomic mass is 35.5. The van der Waals surface area contributed by atoms with Gasteiger partial charge in [0.1, 0.15) is 11.5 Å². The van der Waals surface area contributed by atoms with Gasteiger partial charge in [-0.25, -0.2) is 0 Å². The first-order chi connectivity index (χ1) is 8.74. The normalized spacial score (nSPS) is 10.8. The molecule has 0 bridgehead atoms. The van der Waals surface area contributed by atoms with Gasteiger partial charge in [-0.15, -0.1) is 11.6 Å². The molecule has 0 saturated carbocycles. The standard InChI is InChI=1S/C14H15ClO3/c1-17-13-6-2-4-10-8-12(18-14(10)13)9-11(16)5-3-7-15/h2,4,6,8H,3,5,7,9H2,1H3. The van der Waals surface area contributed by atoms with Gasteiger partial charge in [0.15, 0.2) is 11.3 Å². The van der Waals surface area contributed by atoms with Crippen LogP contribution in [0.25, 0.3) is 11.0 Å². The molecule has 2 aromatic rings. The molecule has 4 heteroatoms. The molecule has 1 aromatic carbocycles. The van der Waals surface area contributed by atoms with Gasteiger partial charge in [0.2, 0.25) is 0 Å². The van der Waals surface area contributed by atoms with Crippen LogP contribution in [0.5, 0.6) is 5.75 Å². The molecule has 2 rings (SSSR count). The summed E-state index contributed by atoms with van der Waals surface area (Å²) >= 11 is 5.56. The molecule has 0 spiro atoms. The lowest BCUT2D eigenvalue weighted by molar-refractivity contribution is -0.118. The molecule has 96 valence electrons. The van der Waals surface area contributed by atoms with E-state index >= 15 is 0 Å². The number of hydrogen-bond donors (Lipinski definition) is 0. The van der Waals surface area contributed by atoms with E-state index in [-0.39, 0.29) is 5.78 Å². The fourth-order valence-electron chi connectivity index (χ4n) is 1.88. The number of furan rings is 1. The zero-order valence-corrected chi connectivity index (χ0v) is 11.0. The molecule has 0 amide bonds. The van der Waals surface area contributed by atoms with Crippen molar-refractivity contribution < 1.29 is 13.9 Å². The van der Waals surface area contributed by atoms with Crippen molar-refractivity contribution in [1.29, 1.82) is 0 Å². The lowest BCUT2D eigenvalue weighted by Gasteiger charge is -1.99. The number of Topliss-reactive ketones (excluding diaryl/α,β-unsaturated/α-hetero) is 1. The Hall–Kier alpha value is -1.48. The number of benzene rings is 1. The fraction of sp³-hybridized carbons (Fsp3) is 0.357. The highest BCUT2D eigenvalue weighted by Gasteiger charge is 2.11. The molecule has 0 aliphatic carbocycles. The minimum Gasteiger partial charge on any atom is -0.493 e. The molecule has 0 atom stereocenters. The lowest BCUT2D eigenvalue weighted by Crippen LogP contribution is -2.01. The van der Waals surface area contributed by atoms with E-state index in [1.807, 2.05) is 24.3 Å². The van der Waals surface area contributed by atoms with Gasteiger partial charge in [0.05, 0.1) is 13.5 Å². The van der Waals surface area contributed by atoms with Crippen molar-refractivity contribution in [3.63, 3.8) is 0 Å². The summed E-state index contributed by atoms with van der Waals surface area (Å²) in [6.07, 6.45) is 1.52. The predicted octanol–water partition coefficient (Wildman–Crippen LogP) is 3.57. The summed E-state index contributed by atoms with van der Waals surface area (Å²) < 4.78 is 10.9. The third-order valence-corrected chi connectivity index (χ3v) is 3.01. The van der Waals surface area contributed by atoms with Crippen LogP contribution < -0.4 is 4.74 Å². The molecule has 1 heterocycles. The number of ketones is 1. The minimum absolute atomic E-state index is 0.147. The van der Waals surface area contributed by atoms with Crippen molar-refractivity contribution in [1.82, 2.24) is 0 Å². The van der Waals surface area contributed by atoms with Crippen LogP contribution >= 0.6 is 11.6 Å². The van der Waals surface area contributed by atoms with E-state index < -0.39 is 0 Å². The van der Waals surface area contributed by atoms with Crippen molar-refractivity contribution in [2.24, 2.45) is 0 Å². The van der Waals surface area contributed by atoms with Crippen molar-refractivity contribution in [3.8, 4) is 5.75 Å². The Morgan fingerprint density at radius 3 is 3.00 bits per heavy atom. The molecule has 3 nitrogen and oxygen atoms in total. The van der Waals surface area contributed by atoms with Crippen LogP contribution in [0.4, 0.5) is 0 Å². The second-order valence-corrected chi connectivity index (χ2v) is 4.48. The summed E-state index contributed by atoms with van der Waals surface area (Å²) in [4.78, 5) is 11.7. The molecule has 0 unspecified atom stereocenters. The first-order valence-electron chi connectivity index (χ1n) is 5.87. The SMILES string of the molecule is COc1cccc2cc(CC(=O)CCCCl)oc12. The number of methoxy groups -OCH3 is 1. The van der Waals surface area contributed by atoms with E-state index in [9.17, 15) is 4.79 Å². The number of hydrogen-bond acceptors (Lipinski definition) is 3. The Kier molecular flexibility index (Phi) is 4.26. The average molecular weight is 267 g/mol. The quantitative estimate of drug-likeness (QED) is 0.751. The molecule has 0 fully saturated rings. The Morgan fingerprint density at radius 1 is 1.44 bits per heavy atom. The van der Waals surface area contributed by atoms with Gasteiger partial charge < -0.3 is 9.15 Å². The van der Waals surface area contributed by atoms with Gasteiger partial charge in [0, 0.05) is 17.7 Å². The van der Waals surface area contributed by atoms with Crippen LogP contribution in [-0.2, 0) is 11.2 Å². The van der Waals surface area contributed by atoms with Crippen molar-refractivity contribution in [2.75, 3.05) is 13.0 Å². The first-order valence-corrected chi connectivity index (χ1v) is 6.41. The number of halogens is 1. The van der Waals surface area contributed by atoms with Crippen molar-refractivity contribution >= 4 is 28.4 Å². The first kappa shape index (κ1) is 13.0. The third-order valence-electron chi connectivity index (χ3n) is 2.74. The zero-order valence-electron chi connectivity index (χ0n) is 10.2. The monoisotopic (exact) mass is 266 g/mol. The maximum atomic E-state index is 11.7. The molecule has 18 heavy (non-hydrogen) atoms. The van der Waals surface area contributed by atoms with Crippen molar-refractivity contribution in [2.45, 2.75) is 19.3 Å². The van der Waals surface area contributed by atoms with E-state index in [0.717, 1.165) is 5.39 Å². The molecule has 0 aliphatic rings. The number of rotatable bonds is 6. The van der Waals surface area contributed by atoms with Crippen LogP contribution in [0.1, 0.15) is 18.6 Å². The maximum absolute atomic E-state index is 11.7. The topological polar surface area (TPSA) is 39.4 Å². The van der Waals surface area contributed by atoms with E-state index in [2.05, 4.69) is 0 Å². The second kappa shape index (κ2) is 5.91. The van der Waals surface area contributed by atoms with Crippen LogP contribution in [-0.4, -0.2) is 18.8 Å². The van der Waals surface area contributed by atoms with Crippen LogP contribution in [0.3, 0.4) is 0 Å². The summed E-state index contributed by atoms with van der Waals surface area (Å²) in [7, 11) is 1.60. The Morgan fingerprint density at radius 2 is 2.28 bits per heavy atom. The van der Waals surface area contributed by atoms with Crippen LogP contribution in [0.15, 0.2) is 28.7 Å². The summed E-state index contributed by atoms with van der Waals surface area (Å²) in [5, 5.41) is 0.953. The molecule has 0 radical (unpaired) electrons. The fourth-order valence-corrected chi connectivity index (χ4v) is 2.02. The van der Waals surface area contributed by atoms with Crippen LogP contribution in [0.2, 0.25) is 0 Å². The van der Waals surface area contributed by atoms with Gasteiger partial charge >= 0.3 is 0 Å². The molecule has 0 aliphatic heterocycles. The predicted molar refractivity (Wildman–Crippen MR) is 71.4 cm³/mol. The average Bonchev–Trinajstić information content (AvgIpc) is 2.78. The number of fused-ring (bicyclic) bond motifs is 1. The van der Waals surface area contributed by atoms with Gasteiger partial charge in [-0.05, 0) is 18.6 Å². The van der Waals surface area contributed by atoms with E-state index in [1.54, 1.807) is 7.11 Å². The summed E-state index contributed by atoms with van der Waals surface area (Å²) in [5.41, 5.74) is 0.695. The highest BCUT2D eigenvalue weighted by Crippen LogP contribution is 2.28. The largest absolute Gasteiger partial charge is 0.493 e. The van der Waals surface area contributed by atoms with E-state index in [1.165, 1.54) is 0 Å². The number of ether oxygens (including phenoxy) is 1. The van der Waals surface area contributed by atoms with Gasteiger partial charge in [-0.2, -0.15) is 0 Å². The third kappa shape index (κ3) is 2.85. The van der Waals surface area contributed by atoms with Crippen LogP contribution in [0, 0.1) is 0 Å². The van der Waals surface area contributed by atoms with Gasteiger partial charge in [-0.1, -0.05) is 12.1 Å². The smallest absolute Gasteiger partial charge is 0.176 e. The van der Waals surface area contributed by atoms with Gasteiger partial charge in [-0.3, -0.25) is 4.79 Å². The van der Waals surface area contributed by atoms with E-state index in [0.29, 0.717) is 42.2 Å². The Labute approximate surface area is 111 Å². The highest BCUT2D eigenvalue weighted by molar-refractivity contribution is 6.17. The zero-order chi connectivity index (χ0) is 13.0. The molecule has 0 saturated heterocycles. The Balaban J connectivity index is 2.17. The van der Waals surface area contributed by atoms with Gasteiger partial charge in [0.25, 0.3) is 0 Å². The minimum atomic E-state index is 0.147. The molecule has 0 N–H and O–H groups in total. The molecular weight excluding hydrogens is 252 g/mol. The van der Waals surface area contributed by atoms with Crippen molar-refractivity contribution in [3.05, 3.63) is 30.0 Å². The maximum Gasteiger partial charge on any atom is 0.176 e. The number of alkyl halides is 1. The lowest BCUT2D eigenvalue weighted by atomic mass is 10.1. The molecular formula is C14H15ClO3. The molecule has 1 aromatic heterocycles.